The number of rotatable bonds is 2. The minimum Gasteiger partial charge on any atom is -0.467 e. The van der Waals surface area contributed by atoms with Gasteiger partial charge in [-0.1, -0.05) is 0 Å². The highest BCUT2D eigenvalue weighted by Crippen LogP contribution is 2.36. The van der Waals surface area contributed by atoms with Crippen molar-refractivity contribution in [3.63, 3.8) is 0 Å². The van der Waals surface area contributed by atoms with Crippen LogP contribution in [0.2, 0.25) is 0 Å². The van der Waals surface area contributed by atoms with Crippen LogP contribution in [0.3, 0.4) is 0 Å². The zero-order valence-electron chi connectivity index (χ0n) is 11.8. The molecule has 0 bridgehead atoms. The first-order valence-corrected chi connectivity index (χ1v) is 7.50. The highest BCUT2D eigenvalue weighted by Gasteiger charge is 2.34. The zero-order valence-corrected chi connectivity index (χ0v) is 12.7. The van der Waals surface area contributed by atoms with E-state index in [9.17, 15) is 4.79 Å². The van der Waals surface area contributed by atoms with E-state index in [4.69, 9.17) is 4.74 Å². The van der Waals surface area contributed by atoms with E-state index in [1.165, 1.54) is 17.6 Å². The van der Waals surface area contributed by atoms with Gasteiger partial charge in [-0.15, -0.1) is 11.3 Å². The Bertz CT molecular complexity index is 668. The molecule has 1 fully saturated rings. The summed E-state index contributed by atoms with van der Waals surface area (Å²) in [6, 6.07) is -0.224. The quantitative estimate of drug-likeness (QED) is 0.796. The van der Waals surface area contributed by atoms with E-state index in [0.29, 0.717) is 0 Å². The molecular formula is C14H17N3O2S. The van der Waals surface area contributed by atoms with Crippen LogP contribution in [-0.2, 0) is 9.53 Å². The van der Waals surface area contributed by atoms with Gasteiger partial charge in [-0.2, -0.15) is 0 Å². The molecule has 20 heavy (non-hydrogen) atoms. The van der Waals surface area contributed by atoms with Gasteiger partial charge in [0, 0.05) is 11.4 Å². The Kier molecular flexibility index (Phi) is 3.33. The first kappa shape index (κ1) is 13.3. The fraction of sp³-hybridized carbons (Fsp3) is 0.500. The number of ether oxygens (including phenoxy) is 1. The predicted molar refractivity (Wildman–Crippen MR) is 79.3 cm³/mol. The van der Waals surface area contributed by atoms with Gasteiger partial charge in [0.1, 0.15) is 23.0 Å². The number of aromatic nitrogens is 2. The lowest BCUT2D eigenvalue weighted by Crippen LogP contribution is -2.37. The van der Waals surface area contributed by atoms with Gasteiger partial charge >= 0.3 is 5.97 Å². The van der Waals surface area contributed by atoms with Crippen LogP contribution in [0, 0.1) is 13.8 Å². The lowest BCUT2D eigenvalue weighted by Gasteiger charge is -2.24. The molecule has 106 valence electrons. The number of aryl methyl sites for hydroxylation is 2. The average molecular weight is 291 g/mol. The summed E-state index contributed by atoms with van der Waals surface area (Å²) in [5.41, 5.74) is 1.20. The van der Waals surface area contributed by atoms with Crippen molar-refractivity contribution in [1.82, 2.24) is 9.97 Å². The van der Waals surface area contributed by atoms with Crippen LogP contribution in [0.15, 0.2) is 6.33 Å². The molecular weight excluding hydrogens is 274 g/mol. The Morgan fingerprint density at radius 3 is 3.00 bits per heavy atom. The van der Waals surface area contributed by atoms with Crippen LogP contribution in [0.1, 0.15) is 23.3 Å². The molecule has 0 amide bonds. The zero-order chi connectivity index (χ0) is 14.3. The molecule has 2 aromatic rings. The highest BCUT2D eigenvalue weighted by atomic mass is 32.1. The summed E-state index contributed by atoms with van der Waals surface area (Å²) >= 11 is 1.67. The van der Waals surface area contributed by atoms with Crippen molar-refractivity contribution in [2.75, 3.05) is 18.6 Å². The Hall–Kier alpha value is -1.69. The third-order valence-electron chi connectivity index (χ3n) is 3.94. The van der Waals surface area contributed by atoms with Gasteiger partial charge in [-0.3, -0.25) is 0 Å². The Morgan fingerprint density at radius 2 is 2.25 bits per heavy atom. The van der Waals surface area contributed by atoms with Gasteiger partial charge in [0.2, 0.25) is 0 Å². The van der Waals surface area contributed by atoms with Crippen molar-refractivity contribution in [3.8, 4) is 0 Å². The fourth-order valence-electron chi connectivity index (χ4n) is 2.78. The number of fused-ring (bicyclic) bond motifs is 1. The molecule has 1 unspecified atom stereocenters. The van der Waals surface area contributed by atoms with Gasteiger partial charge in [0.25, 0.3) is 0 Å². The number of methoxy groups -OCH3 is 1. The molecule has 1 saturated heterocycles. The maximum absolute atomic E-state index is 11.9. The van der Waals surface area contributed by atoms with Crippen LogP contribution >= 0.6 is 11.3 Å². The van der Waals surface area contributed by atoms with Gasteiger partial charge in [-0.05, 0) is 32.3 Å². The maximum atomic E-state index is 11.9. The lowest BCUT2D eigenvalue weighted by atomic mass is 10.2. The first-order valence-electron chi connectivity index (χ1n) is 6.68. The first-order chi connectivity index (χ1) is 9.63. The van der Waals surface area contributed by atoms with Crippen molar-refractivity contribution in [3.05, 3.63) is 16.8 Å². The van der Waals surface area contributed by atoms with Crippen molar-refractivity contribution < 1.29 is 9.53 Å². The molecule has 0 N–H and O–H groups in total. The van der Waals surface area contributed by atoms with E-state index in [2.05, 4.69) is 28.7 Å². The molecule has 1 atom stereocenters. The molecule has 1 aliphatic rings. The number of nitrogens with zero attached hydrogens (tertiary/aromatic N) is 3. The summed E-state index contributed by atoms with van der Waals surface area (Å²) in [5.74, 6) is 0.684. The molecule has 0 saturated carbocycles. The molecule has 1 aliphatic heterocycles. The van der Waals surface area contributed by atoms with Gasteiger partial charge in [0.05, 0.1) is 12.5 Å². The third kappa shape index (κ3) is 1.95. The number of thiophene rings is 1. The summed E-state index contributed by atoms with van der Waals surface area (Å²) < 4.78 is 4.91. The minimum atomic E-state index is -0.224. The molecule has 0 spiro atoms. The summed E-state index contributed by atoms with van der Waals surface area (Å²) in [7, 11) is 1.44. The molecule has 6 heteroatoms. The Labute approximate surface area is 121 Å². The second-order valence-corrected chi connectivity index (χ2v) is 6.24. The SMILES string of the molecule is COC(=O)C1CCCN1c1ncnc2sc(C)c(C)c12. The van der Waals surface area contributed by atoms with E-state index in [1.54, 1.807) is 17.7 Å². The molecule has 0 radical (unpaired) electrons. The van der Waals surface area contributed by atoms with E-state index < -0.39 is 0 Å². The molecule has 0 aliphatic carbocycles. The monoisotopic (exact) mass is 291 g/mol. The third-order valence-corrected chi connectivity index (χ3v) is 5.06. The second kappa shape index (κ2) is 5.01. The van der Waals surface area contributed by atoms with Crippen LogP contribution < -0.4 is 4.90 Å². The molecule has 2 aromatic heterocycles. The van der Waals surface area contributed by atoms with Crippen LogP contribution in [-0.4, -0.2) is 35.6 Å². The summed E-state index contributed by atoms with van der Waals surface area (Å²) in [4.78, 5) is 25.0. The van der Waals surface area contributed by atoms with E-state index in [0.717, 1.165) is 35.4 Å². The standard InChI is InChI=1S/C14H17N3O2S/c1-8-9(2)20-13-11(8)12(15-7-16-13)17-6-4-5-10(17)14(18)19-3/h7,10H,4-6H2,1-3H3. The number of hydrogen-bond donors (Lipinski definition) is 0. The molecule has 5 nitrogen and oxygen atoms in total. The Morgan fingerprint density at radius 1 is 1.45 bits per heavy atom. The topological polar surface area (TPSA) is 55.3 Å². The van der Waals surface area contributed by atoms with E-state index in [1.807, 2.05) is 0 Å². The smallest absolute Gasteiger partial charge is 0.328 e. The van der Waals surface area contributed by atoms with Crippen LogP contribution in [0.25, 0.3) is 10.2 Å². The van der Waals surface area contributed by atoms with Crippen molar-refractivity contribution in [1.29, 1.82) is 0 Å². The summed E-state index contributed by atoms with van der Waals surface area (Å²) in [5, 5.41) is 1.07. The highest BCUT2D eigenvalue weighted by molar-refractivity contribution is 7.18. The number of esters is 1. The van der Waals surface area contributed by atoms with Gasteiger partial charge < -0.3 is 9.64 Å². The number of carbonyl (C=O) groups is 1. The molecule has 0 aromatic carbocycles. The number of hydrogen-bond acceptors (Lipinski definition) is 6. The number of anilines is 1. The van der Waals surface area contributed by atoms with Crippen molar-refractivity contribution >= 4 is 33.3 Å². The summed E-state index contributed by atoms with van der Waals surface area (Å²) in [6.07, 6.45) is 3.38. The lowest BCUT2D eigenvalue weighted by molar-refractivity contribution is -0.141. The van der Waals surface area contributed by atoms with E-state index >= 15 is 0 Å². The van der Waals surface area contributed by atoms with E-state index in [-0.39, 0.29) is 12.0 Å². The second-order valence-electron chi connectivity index (χ2n) is 5.04. The largest absolute Gasteiger partial charge is 0.467 e. The number of carbonyl (C=O) groups excluding carboxylic acids is 1. The van der Waals surface area contributed by atoms with Crippen molar-refractivity contribution in [2.45, 2.75) is 32.7 Å². The summed E-state index contributed by atoms with van der Waals surface area (Å²) in [6.45, 7) is 5.01. The molecule has 3 heterocycles. The predicted octanol–water partition coefficient (Wildman–Crippen LogP) is 2.45. The van der Waals surface area contributed by atoms with Gasteiger partial charge in [-0.25, -0.2) is 14.8 Å². The fourth-order valence-corrected chi connectivity index (χ4v) is 3.77. The van der Waals surface area contributed by atoms with Crippen LogP contribution in [0.5, 0.6) is 0 Å². The molecule has 3 rings (SSSR count). The van der Waals surface area contributed by atoms with Crippen LogP contribution in [0.4, 0.5) is 5.82 Å². The van der Waals surface area contributed by atoms with Crippen molar-refractivity contribution in [2.24, 2.45) is 0 Å². The Balaban J connectivity index is 2.12. The average Bonchev–Trinajstić information content (AvgIpc) is 3.04. The van der Waals surface area contributed by atoms with Gasteiger partial charge in [0.15, 0.2) is 0 Å². The minimum absolute atomic E-state index is 0.182. The normalized spacial score (nSPS) is 18.8. The maximum Gasteiger partial charge on any atom is 0.328 e.